The number of nitrogens with one attached hydrogen (secondary N) is 1. The maximum atomic E-state index is 12.8. The molecule has 0 aliphatic carbocycles. The van der Waals surface area contributed by atoms with Gasteiger partial charge < -0.3 is 16.0 Å². The Labute approximate surface area is 117 Å². The Morgan fingerprint density at radius 1 is 1.15 bits per heavy atom. The number of amides is 1. The summed E-state index contributed by atoms with van der Waals surface area (Å²) in [6.45, 7) is 0. The summed E-state index contributed by atoms with van der Waals surface area (Å²) in [7, 11) is 3.78. The highest BCUT2D eigenvalue weighted by Gasteiger charge is 2.08. The molecule has 0 aromatic heterocycles. The van der Waals surface area contributed by atoms with Gasteiger partial charge in [0.15, 0.2) is 0 Å². The van der Waals surface area contributed by atoms with Gasteiger partial charge in [-0.15, -0.1) is 0 Å². The SMILES string of the molecule is CN(C)c1ccc(NC(=O)c2ccc(F)cc2)cc1N. The lowest BCUT2D eigenvalue weighted by Gasteiger charge is -2.16. The summed E-state index contributed by atoms with van der Waals surface area (Å²) in [5.41, 5.74) is 8.36. The smallest absolute Gasteiger partial charge is 0.255 e. The van der Waals surface area contributed by atoms with Gasteiger partial charge in [-0.25, -0.2) is 4.39 Å². The second-order valence-corrected chi connectivity index (χ2v) is 4.63. The zero-order chi connectivity index (χ0) is 14.7. The fraction of sp³-hybridized carbons (Fsp3) is 0.133. The predicted molar refractivity (Wildman–Crippen MR) is 79.5 cm³/mol. The van der Waals surface area contributed by atoms with E-state index in [1.807, 2.05) is 25.1 Å². The van der Waals surface area contributed by atoms with Crippen molar-refractivity contribution in [2.75, 3.05) is 30.0 Å². The largest absolute Gasteiger partial charge is 0.397 e. The molecule has 0 unspecified atom stereocenters. The Hall–Kier alpha value is -2.56. The van der Waals surface area contributed by atoms with Crippen LogP contribution in [0.15, 0.2) is 42.5 Å². The lowest BCUT2D eigenvalue weighted by atomic mass is 10.2. The molecule has 2 aromatic carbocycles. The molecule has 0 saturated heterocycles. The summed E-state index contributed by atoms with van der Waals surface area (Å²) < 4.78 is 12.8. The number of halogens is 1. The molecule has 0 aliphatic heterocycles. The Bertz CT molecular complexity index is 624. The highest BCUT2D eigenvalue weighted by atomic mass is 19.1. The first-order valence-corrected chi connectivity index (χ1v) is 6.11. The van der Waals surface area contributed by atoms with Gasteiger partial charge >= 0.3 is 0 Å². The molecule has 1 amide bonds. The molecular weight excluding hydrogens is 257 g/mol. The van der Waals surface area contributed by atoms with E-state index < -0.39 is 0 Å². The van der Waals surface area contributed by atoms with E-state index in [1.165, 1.54) is 24.3 Å². The van der Waals surface area contributed by atoms with Crippen LogP contribution in [0, 0.1) is 5.82 Å². The van der Waals surface area contributed by atoms with Gasteiger partial charge in [0.05, 0.1) is 11.4 Å². The zero-order valence-electron chi connectivity index (χ0n) is 11.4. The van der Waals surface area contributed by atoms with Crippen molar-refractivity contribution in [3.8, 4) is 0 Å². The van der Waals surface area contributed by atoms with Gasteiger partial charge in [-0.3, -0.25) is 4.79 Å². The zero-order valence-corrected chi connectivity index (χ0v) is 11.4. The van der Waals surface area contributed by atoms with E-state index in [4.69, 9.17) is 5.73 Å². The fourth-order valence-corrected chi connectivity index (χ4v) is 1.84. The molecule has 2 rings (SSSR count). The minimum absolute atomic E-state index is 0.304. The van der Waals surface area contributed by atoms with Gasteiger partial charge in [-0.1, -0.05) is 0 Å². The van der Waals surface area contributed by atoms with Crippen molar-refractivity contribution >= 4 is 23.0 Å². The summed E-state index contributed by atoms with van der Waals surface area (Å²) in [6, 6.07) is 10.7. The van der Waals surface area contributed by atoms with Crippen LogP contribution < -0.4 is 16.0 Å². The number of anilines is 3. The molecule has 0 spiro atoms. The van der Waals surface area contributed by atoms with Crippen molar-refractivity contribution in [3.05, 3.63) is 53.8 Å². The van der Waals surface area contributed by atoms with Crippen molar-refractivity contribution < 1.29 is 9.18 Å². The third-order valence-electron chi connectivity index (χ3n) is 2.87. The van der Waals surface area contributed by atoms with E-state index in [0.717, 1.165) is 5.69 Å². The van der Waals surface area contributed by atoms with Crippen LogP contribution in [-0.2, 0) is 0 Å². The monoisotopic (exact) mass is 273 g/mol. The molecule has 0 aliphatic rings. The molecule has 4 nitrogen and oxygen atoms in total. The van der Waals surface area contributed by atoms with E-state index in [0.29, 0.717) is 16.9 Å². The Kier molecular flexibility index (Phi) is 3.89. The van der Waals surface area contributed by atoms with Crippen molar-refractivity contribution in [2.24, 2.45) is 0 Å². The number of carbonyl (C=O) groups is 1. The molecule has 0 radical (unpaired) electrons. The second-order valence-electron chi connectivity index (χ2n) is 4.63. The van der Waals surface area contributed by atoms with Crippen molar-refractivity contribution in [2.45, 2.75) is 0 Å². The third-order valence-corrected chi connectivity index (χ3v) is 2.87. The van der Waals surface area contributed by atoms with Gasteiger partial charge in [-0.05, 0) is 42.5 Å². The van der Waals surface area contributed by atoms with Crippen LogP contribution in [-0.4, -0.2) is 20.0 Å². The number of hydrogen-bond donors (Lipinski definition) is 2. The van der Waals surface area contributed by atoms with E-state index in [2.05, 4.69) is 5.32 Å². The third kappa shape index (κ3) is 3.06. The average molecular weight is 273 g/mol. The van der Waals surface area contributed by atoms with Crippen LogP contribution in [0.25, 0.3) is 0 Å². The van der Waals surface area contributed by atoms with E-state index in [-0.39, 0.29) is 11.7 Å². The van der Waals surface area contributed by atoms with Crippen LogP contribution in [0.2, 0.25) is 0 Å². The number of nitrogens with two attached hydrogens (primary N) is 1. The minimum Gasteiger partial charge on any atom is -0.397 e. The number of hydrogen-bond acceptors (Lipinski definition) is 3. The second kappa shape index (κ2) is 5.61. The number of nitrogens with zero attached hydrogens (tertiary/aromatic N) is 1. The van der Waals surface area contributed by atoms with Crippen molar-refractivity contribution in [1.29, 1.82) is 0 Å². The fourth-order valence-electron chi connectivity index (χ4n) is 1.84. The molecule has 0 fully saturated rings. The Morgan fingerprint density at radius 3 is 2.35 bits per heavy atom. The Morgan fingerprint density at radius 2 is 1.80 bits per heavy atom. The highest BCUT2D eigenvalue weighted by Crippen LogP contribution is 2.25. The minimum atomic E-state index is -0.374. The van der Waals surface area contributed by atoms with Gasteiger partial charge in [0.2, 0.25) is 0 Å². The Balaban J connectivity index is 2.16. The van der Waals surface area contributed by atoms with Crippen molar-refractivity contribution in [3.63, 3.8) is 0 Å². The van der Waals surface area contributed by atoms with Crippen LogP contribution >= 0.6 is 0 Å². The van der Waals surface area contributed by atoms with Crippen LogP contribution in [0.1, 0.15) is 10.4 Å². The summed E-state index contributed by atoms with van der Waals surface area (Å²) in [5, 5.41) is 2.72. The van der Waals surface area contributed by atoms with E-state index in [1.54, 1.807) is 12.1 Å². The summed E-state index contributed by atoms with van der Waals surface area (Å²) >= 11 is 0. The molecule has 0 heterocycles. The summed E-state index contributed by atoms with van der Waals surface area (Å²) in [4.78, 5) is 13.9. The number of carbonyl (C=O) groups excluding carboxylic acids is 1. The number of rotatable bonds is 3. The molecule has 3 N–H and O–H groups in total. The van der Waals surface area contributed by atoms with Crippen LogP contribution in [0.5, 0.6) is 0 Å². The maximum Gasteiger partial charge on any atom is 0.255 e. The molecule has 20 heavy (non-hydrogen) atoms. The number of nitrogen functional groups attached to an aromatic ring is 1. The van der Waals surface area contributed by atoms with Crippen molar-refractivity contribution in [1.82, 2.24) is 0 Å². The average Bonchev–Trinajstić information content (AvgIpc) is 2.39. The summed E-state index contributed by atoms with van der Waals surface area (Å²) in [5.74, 6) is -0.678. The maximum absolute atomic E-state index is 12.8. The molecule has 104 valence electrons. The highest BCUT2D eigenvalue weighted by molar-refractivity contribution is 6.04. The van der Waals surface area contributed by atoms with Gasteiger partial charge in [0.25, 0.3) is 5.91 Å². The first-order chi connectivity index (χ1) is 9.47. The van der Waals surface area contributed by atoms with E-state index in [9.17, 15) is 9.18 Å². The normalized spacial score (nSPS) is 10.2. The molecule has 2 aromatic rings. The lowest BCUT2D eigenvalue weighted by molar-refractivity contribution is 0.102. The molecule has 5 heteroatoms. The topological polar surface area (TPSA) is 58.4 Å². The first-order valence-electron chi connectivity index (χ1n) is 6.11. The first kappa shape index (κ1) is 13.9. The van der Waals surface area contributed by atoms with Gasteiger partial charge in [0.1, 0.15) is 5.82 Å². The standard InChI is InChI=1S/C15H16FN3O/c1-19(2)14-8-7-12(9-13(14)17)18-15(20)10-3-5-11(16)6-4-10/h3-9H,17H2,1-2H3,(H,18,20). The van der Waals surface area contributed by atoms with Crippen LogP contribution in [0.4, 0.5) is 21.5 Å². The molecule has 0 atom stereocenters. The molecule has 0 bridgehead atoms. The van der Waals surface area contributed by atoms with Gasteiger partial charge in [0, 0.05) is 25.3 Å². The van der Waals surface area contributed by atoms with Gasteiger partial charge in [-0.2, -0.15) is 0 Å². The predicted octanol–water partition coefficient (Wildman–Crippen LogP) is 2.73. The lowest BCUT2D eigenvalue weighted by Crippen LogP contribution is -2.14. The molecule has 0 saturated carbocycles. The molecular formula is C15H16FN3O. The number of benzene rings is 2. The van der Waals surface area contributed by atoms with E-state index >= 15 is 0 Å². The quantitative estimate of drug-likeness (QED) is 0.845. The van der Waals surface area contributed by atoms with Crippen LogP contribution in [0.3, 0.4) is 0 Å². The summed E-state index contributed by atoms with van der Waals surface area (Å²) in [6.07, 6.45) is 0.